The minimum absolute atomic E-state index is 0.235. The molecule has 0 spiro atoms. The molecule has 0 saturated heterocycles. The first-order chi connectivity index (χ1) is 9.67. The van der Waals surface area contributed by atoms with E-state index in [4.69, 9.17) is 9.52 Å². The number of amides is 1. The molecule has 8 heteroatoms. The van der Waals surface area contributed by atoms with Crippen molar-refractivity contribution in [3.05, 3.63) is 24.2 Å². The van der Waals surface area contributed by atoms with Gasteiger partial charge in [-0.1, -0.05) is 6.92 Å². The smallest absolute Gasteiger partial charge is 0.406 e. The largest absolute Gasteiger partial charge is 0.481 e. The van der Waals surface area contributed by atoms with Crippen LogP contribution < -0.4 is 0 Å². The van der Waals surface area contributed by atoms with Crippen LogP contribution >= 0.6 is 0 Å². The molecule has 1 N–H and O–H groups in total. The van der Waals surface area contributed by atoms with E-state index in [1.807, 2.05) is 0 Å². The van der Waals surface area contributed by atoms with Crippen LogP contribution in [0.3, 0.4) is 0 Å². The maximum Gasteiger partial charge on any atom is 0.406 e. The zero-order chi connectivity index (χ0) is 16.0. The lowest BCUT2D eigenvalue weighted by atomic mass is 10.0. The third-order valence-corrected chi connectivity index (χ3v) is 2.70. The van der Waals surface area contributed by atoms with Crippen molar-refractivity contribution < 1.29 is 32.3 Å². The van der Waals surface area contributed by atoms with Crippen molar-refractivity contribution in [2.75, 3.05) is 6.54 Å². The molecule has 1 unspecified atom stereocenters. The summed E-state index contributed by atoms with van der Waals surface area (Å²) in [6, 6.07) is 2.98. The van der Waals surface area contributed by atoms with Gasteiger partial charge in [0.25, 0.3) is 0 Å². The first-order valence-corrected chi connectivity index (χ1v) is 6.26. The molecule has 0 aromatic carbocycles. The molecule has 1 aromatic heterocycles. The first-order valence-electron chi connectivity index (χ1n) is 6.26. The van der Waals surface area contributed by atoms with Crippen molar-refractivity contribution in [2.24, 2.45) is 5.92 Å². The van der Waals surface area contributed by atoms with Crippen molar-refractivity contribution >= 4 is 11.9 Å². The molecule has 0 aliphatic carbocycles. The van der Waals surface area contributed by atoms with Gasteiger partial charge < -0.3 is 14.4 Å². The quantitative estimate of drug-likeness (QED) is 0.840. The number of carbonyl (C=O) groups is 2. The molecule has 5 nitrogen and oxygen atoms in total. The maximum absolute atomic E-state index is 12.5. The molecular weight excluding hydrogens is 291 g/mol. The minimum Gasteiger partial charge on any atom is -0.481 e. The molecule has 1 amide bonds. The van der Waals surface area contributed by atoms with Crippen molar-refractivity contribution in [3.63, 3.8) is 0 Å². The van der Waals surface area contributed by atoms with Gasteiger partial charge in [-0.25, -0.2) is 0 Å². The standard InChI is InChI=1S/C13H16F3NO4/c1-9(6-12(19)20)5-11(18)17(8-13(14,15)16)7-10-3-2-4-21-10/h2-4,9H,5-8H2,1H3,(H,19,20). The van der Waals surface area contributed by atoms with Gasteiger partial charge in [0, 0.05) is 12.8 Å². The van der Waals surface area contributed by atoms with Gasteiger partial charge in [-0.05, 0) is 18.1 Å². The summed E-state index contributed by atoms with van der Waals surface area (Å²) in [5.74, 6) is -2.15. The lowest BCUT2D eigenvalue weighted by Gasteiger charge is -2.24. The molecule has 1 atom stereocenters. The van der Waals surface area contributed by atoms with E-state index in [1.165, 1.54) is 25.3 Å². The van der Waals surface area contributed by atoms with E-state index in [0.29, 0.717) is 4.90 Å². The van der Waals surface area contributed by atoms with Gasteiger partial charge in [-0.2, -0.15) is 13.2 Å². The van der Waals surface area contributed by atoms with Crippen molar-refractivity contribution in [1.82, 2.24) is 4.90 Å². The number of rotatable bonds is 7. The molecule has 0 fully saturated rings. The van der Waals surface area contributed by atoms with Crippen LogP contribution in [-0.4, -0.2) is 34.6 Å². The van der Waals surface area contributed by atoms with E-state index in [0.717, 1.165) is 0 Å². The molecule has 1 rings (SSSR count). The number of aliphatic carboxylic acids is 1. The maximum atomic E-state index is 12.5. The molecule has 118 valence electrons. The highest BCUT2D eigenvalue weighted by Crippen LogP contribution is 2.20. The minimum atomic E-state index is -4.53. The lowest BCUT2D eigenvalue weighted by molar-refractivity contribution is -0.163. The fourth-order valence-electron chi connectivity index (χ4n) is 1.84. The van der Waals surface area contributed by atoms with Crippen LogP contribution in [0, 0.1) is 5.92 Å². The number of halogens is 3. The number of furan rings is 1. The van der Waals surface area contributed by atoms with Crippen LogP contribution in [-0.2, 0) is 16.1 Å². The first kappa shape index (κ1) is 17.1. The normalized spacial score (nSPS) is 13.0. The second kappa shape index (κ2) is 7.14. The number of carboxylic acid groups (broad SMARTS) is 1. The zero-order valence-corrected chi connectivity index (χ0v) is 11.4. The van der Waals surface area contributed by atoms with Crippen molar-refractivity contribution in [3.8, 4) is 0 Å². The summed E-state index contributed by atoms with van der Waals surface area (Å²) in [6.07, 6.45) is -3.76. The molecule has 0 saturated carbocycles. The predicted octanol–water partition coefficient (Wildman–Crippen LogP) is 2.67. The monoisotopic (exact) mass is 307 g/mol. The van der Waals surface area contributed by atoms with E-state index in [-0.39, 0.29) is 25.1 Å². The van der Waals surface area contributed by atoms with Gasteiger partial charge in [-0.15, -0.1) is 0 Å². The second-order valence-corrected chi connectivity index (χ2v) is 4.85. The summed E-state index contributed by atoms with van der Waals surface area (Å²) < 4.78 is 42.5. The SMILES string of the molecule is CC(CC(=O)O)CC(=O)N(Cc1ccco1)CC(F)(F)F. The van der Waals surface area contributed by atoms with Crippen molar-refractivity contribution in [1.29, 1.82) is 0 Å². The molecule has 0 radical (unpaired) electrons. The summed E-state index contributed by atoms with van der Waals surface area (Å²) in [5, 5.41) is 8.61. The number of alkyl halides is 3. The zero-order valence-electron chi connectivity index (χ0n) is 11.4. The van der Waals surface area contributed by atoms with Crippen LogP contribution in [0.15, 0.2) is 22.8 Å². The Balaban J connectivity index is 2.70. The van der Waals surface area contributed by atoms with E-state index in [1.54, 1.807) is 0 Å². The molecule has 21 heavy (non-hydrogen) atoms. The van der Waals surface area contributed by atoms with Crippen LogP contribution in [0.4, 0.5) is 13.2 Å². The average molecular weight is 307 g/mol. The number of nitrogens with zero attached hydrogens (tertiary/aromatic N) is 1. The molecule has 1 heterocycles. The van der Waals surface area contributed by atoms with E-state index < -0.39 is 30.5 Å². The van der Waals surface area contributed by atoms with Gasteiger partial charge in [0.1, 0.15) is 12.3 Å². The molecule has 0 aliphatic heterocycles. The molecule has 0 aliphatic rings. The highest BCUT2D eigenvalue weighted by atomic mass is 19.4. The fourth-order valence-corrected chi connectivity index (χ4v) is 1.84. The van der Waals surface area contributed by atoms with Crippen LogP contribution in [0.5, 0.6) is 0 Å². The summed E-state index contributed by atoms with van der Waals surface area (Å²) in [6.45, 7) is -0.192. The Labute approximate surface area is 119 Å². The number of hydrogen-bond donors (Lipinski definition) is 1. The van der Waals surface area contributed by atoms with Gasteiger partial charge >= 0.3 is 12.1 Å². The third-order valence-electron chi connectivity index (χ3n) is 2.70. The van der Waals surface area contributed by atoms with E-state index >= 15 is 0 Å². The Bertz CT molecular complexity index is 470. The summed E-state index contributed by atoms with van der Waals surface area (Å²) >= 11 is 0. The van der Waals surface area contributed by atoms with Gasteiger partial charge in [0.15, 0.2) is 0 Å². The Hall–Kier alpha value is -1.99. The second-order valence-electron chi connectivity index (χ2n) is 4.85. The van der Waals surface area contributed by atoms with E-state index in [2.05, 4.69) is 0 Å². The average Bonchev–Trinajstić information content (AvgIpc) is 2.77. The summed E-state index contributed by atoms with van der Waals surface area (Å²) in [5.41, 5.74) is 0. The molecular formula is C13H16F3NO4. The summed E-state index contributed by atoms with van der Waals surface area (Å²) in [4.78, 5) is 23.1. The van der Waals surface area contributed by atoms with Gasteiger partial charge in [-0.3, -0.25) is 9.59 Å². The Kier molecular flexibility index (Phi) is 5.80. The number of carbonyl (C=O) groups excluding carboxylic acids is 1. The number of carboxylic acids is 1. The summed E-state index contributed by atoms with van der Waals surface area (Å²) in [7, 11) is 0. The Morgan fingerprint density at radius 2 is 2.05 bits per heavy atom. The van der Waals surface area contributed by atoms with Crippen LogP contribution in [0.25, 0.3) is 0 Å². The Morgan fingerprint density at radius 3 is 2.52 bits per heavy atom. The molecule has 0 bridgehead atoms. The number of hydrogen-bond acceptors (Lipinski definition) is 3. The predicted molar refractivity (Wildman–Crippen MR) is 66.2 cm³/mol. The highest BCUT2D eigenvalue weighted by molar-refractivity contribution is 5.77. The van der Waals surface area contributed by atoms with Gasteiger partial charge in [0.2, 0.25) is 5.91 Å². The van der Waals surface area contributed by atoms with E-state index in [9.17, 15) is 22.8 Å². The van der Waals surface area contributed by atoms with Gasteiger partial charge in [0.05, 0.1) is 12.8 Å². The third kappa shape index (κ3) is 6.82. The fraction of sp³-hybridized carbons (Fsp3) is 0.538. The van der Waals surface area contributed by atoms with Crippen LogP contribution in [0.1, 0.15) is 25.5 Å². The van der Waals surface area contributed by atoms with Crippen molar-refractivity contribution in [2.45, 2.75) is 32.5 Å². The topological polar surface area (TPSA) is 70.8 Å². The Morgan fingerprint density at radius 1 is 1.38 bits per heavy atom. The highest BCUT2D eigenvalue weighted by Gasteiger charge is 2.33. The van der Waals surface area contributed by atoms with Crippen LogP contribution in [0.2, 0.25) is 0 Å². The lowest BCUT2D eigenvalue weighted by Crippen LogP contribution is -2.39. The molecule has 1 aromatic rings.